The highest BCUT2D eigenvalue weighted by atomic mass is 19.1. The van der Waals surface area contributed by atoms with Crippen molar-refractivity contribution < 1.29 is 9.13 Å². The average molecular weight is 237 g/mol. The van der Waals surface area contributed by atoms with Crippen molar-refractivity contribution in [3.05, 3.63) is 35.6 Å². The summed E-state index contributed by atoms with van der Waals surface area (Å²) in [6.45, 7) is 3.77. The Balaban J connectivity index is 1.82. The maximum Gasteiger partial charge on any atom is 0.123 e. The number of benzene rings is 1. The summed E-state index contributed by atoms with van der Waals surface area (Å²) in [5.41, 5.74) is 0.987. The minimum Gasteiger partial charge on any atom is -0.377 e. The SMILES string of the molecule is C[C@@H](NCC1CCCCO1)c1cccc(F)c1. The Morgan fingerprint density at radius 2 is 2.35 bits per heavy atom. The molecule has 17 heavy (non-hydrogen) atoms. The van der Waals surface area contributed by atoms with Crippen molar-refractivity contribution in [2.24, 2.45) is 0 Å². The highest BCUT2D eigenvalue weighted by molar-refractivity contribution is 5.19. The molecule has 3 heteroatoms. The second kappa shape index (κ2) is 6.12. The van der Waals surface area contributed by atoms with Gasteiger partial charge in [0.2, 0.25) is 0 Å². The van der Waals surface area contributed by atoms with E-state index in [0.29, 0.717) is 6.10 Å². The van der Waals surface area contributed by atoms with Crippen LogP contribution in [0.5, 0.6) is 0 Å². The first-order chi connectivity index (χ1) is 8.25. The van der Waals surface area contributed by atoms with Crippen molar-refractivity contribution in [3.63, 3.8) is 0 Å². The first kappa shape index (κ1) is 12.5. The van der Waals surface area contributed by atoms with Gasteiger partial charge in [-0.3, -0.25) is 0 Å². The van der Waals surface area contributed by atoms with Gasteiger partial charge in [0.1, 0.15) is 5.82 Å². The maximum absolute atomic E-state index is 13.1. The van der Waals surface area contributed by atoms with Gasteiger partial charge in [0.05, 0.1) is 6.10 Å². The normalized spacial score (nSPS) is 22.4. The predicted molar refractivity (Wildman–Crippen MR) is 66.4 cm³/mol. The lowest BCUT2D eigenvalue weighted by atomic mass is 10.1. The van der Waals surface area contributed by atoms with Crippen molar-refractivity contribution in [1.29, 1.82) is 0 Å². The van der Waals surface area contributed by atoms with Crippen LogP contribution in [0, 0.1) is 5.82 Å². The fourth-order valence-electron chi connectivity index (χ4n) is 2.17. The molecule has 0 bridgehead atoms. The van der Waals surface area contributed by atoms with E-state index in [4.69, 9.17) is 4.74 Å². The molecular formula is C14H20FNO. The van der Waals surface area contributed by atoms with Crippen LogP contribution in [0.3, 0.4) is 0 Å². The van der Waals surface area contributed by atoms with Gasteiger partial charge in [-0.15, -0.1) is 0 Å². The van der Waals surface area contributed by atoms with Gasteiger partial charge in [0, 0.05) is 19.2 Å². The highest BCUT2D eigenvalue weighted by Gasteiger charge is 2.15. The second-order valence-corrected chi connectivity index (χ2v) is 4.67. The quantitative estimate of drug-likeness (QED) is 0.869. The van der Waals surface area contributed by atoms with Crippen LogP contribution in [0.15, 0.2) is 24.3 Å². The zero-order valence-electron chi connectivity index (χ0n) is 10.3. The molecule has 2 rings (SSSR count). The fraction of sp³-hybridized carbons (Fsp3) is 0.571. The van der Waals surface area contributed by atoms with Crippen LogP contribution in [0.4, 0.5) is 4.39 Å². The molecule has 0 radical (unpaired) electrons. The van der Waals surface area contributed by atoms with E-state index in [-0.39, 0.29) is 11.9 Å². The molecule has 0 spiro atoms. The third-order valence-corrected chi connectivity index (χ3v) is 3.27. The molecule has 2 atom stereocenters. The van der Waals surface area contributed by atoms with Crippen molar-refractivity contribution in [2.45, 2.75) is 38.3 Å². The van der Waals surface area contributed by atoms with Gasteiger partial charge in [-0.1, -0.05) is 12.1 Å². The zero-order valence-corrected chi connectivity index (χ0v) is 10.3. The molecule has 1 N–H and O–H groups in total. The Labute approximate surface area is 102 Å². The van der Waals surface area contributed by atoms with Crippen molar-refractivity contribution in [2.75, 3.05) is 13.2 Å². The van der Waals surface area contributed by atoms with Gasteiger partial charge in [0.25, 0.3) is 0 Å². The fourth-order valence-corrected chi connectivity index (χ4v) is 2.17. The lowest BCUT2D eigenvalue weighted by molar-refractivity contribution is 0.0156. The lowest BCUT2D eigenvalue weighted by Crippen LogP contribution is -2.33. The van der Waals surface area contributed by atoms with Crippen LogP contribution >= 0.6 is 0 Å². The number of nitrogens with one attached hydrogen (secondary N) is 1. The predicted octanol–water partition coefficient (Wildman–Crippen LogP) is 3.05. The van der Waals surface area contributed by atoms with E-state index in [0.717, 1.165) is 25.1 Å². The Morgan fingerprint density at radius 3 is 3.06 bits per heavy atom. The first-order valence-electron chi connectivity index (χ1n) is 6.36. The van der Waals surface area contributed by atoms with Crippen molar-refractivity contribution in [3.8, 4) is 0 Å². The topological polar surface area (TPSA) is 21.3 Å². The van der Waals surface area contributed by atoms with Crippen LogP contribution in [-0.2, 0) is 4.74 Å². The van der Waals surface area contributed by atoms with Gasteiger partial charge in [-0.2, -0.15) is 0 Å². The Hall–Kier alpha value is -0.930. The molecule has 1 fully saturated rings. The molecule has 0 saturated carbocycles. The minimum absolute atomic E-state index is 0.163. The highest BCUT2D eigenvalue weighted by Crippen LogP contribution is 2.16. The number of rotatable bonds is 4. The first-order valence-corrected chi connectivity index (χ1v) is 6.36. The second-order valence-electron chi connectivity index (χ2n) is 4.67. The van der Waals surface area contributed by atoms with E-state index >= 15 is 0 Å². The summed E-state index contributed by atoms with van der Waals surface area (Å²) in [6, 6.07) is 6.92. The molecule has 1 saturated heterocycles. The summed E-state index contributed by atoms with van der Waals surface area (Å²) in [5, 5.41) is 3.40. The summed E-state index contributed by atoms with van der Waals surface area (Å²) in [5.74, 6) is -0.176. The van der Waals surface area contributed by atoms with Crippen molar-refractivity contribution in [1.82, 2.24) is 5.32 Å². The van der Waals surface area contributed by atoms with Gasteiger partial charge in [0.15, 0.2) is 0 Å². The molecule has 2 nitrogen and oxygen atoms in total. The minimum atomic E-state index is -0.176. The van der Waals surface area contributed by atoms with Gasteiger partial charge in [-0.25, -0.2) is 4.39 Å². The maximum atomic E-state index is 13.1. The van der Waals surface area contributed by atoms with Crippen molar-refractivity contribution >= 4 is 0 Å². The average Bonchev–Trinajstić information content (AvgIpc) is 2.37. The van der Waals surface area contributed by atoms with Gasteiger partial charge >= 0.3 is 0 Å². The standard InChI is InChI=1S/C14H20FNO/c1-11(12-5-4-6-13(15)9-12)16-10-14-7-2-3-8-17-14/h4-6,9,11,14,16H,2-3,7-8,10H2,1H3/t11-,14?/m1/s1. The van der Waals surface area contributed by atoms with Crippen LogP contribution < -0.4 is 5.32 Å². The molecule has 1 heterocycles. The summed E-state index contributed by atoms with van der Waals surface area (Å²) in [6.07, 6.45) is 3.87. The summed E-state index contributed by atoms with van der Waals surface area (Å²) in [7, 11) is 0. The summed E-state index contributed by atoms with van der Waals surface area (Å²) in [4.78, 5) is 0. The molecule has 1 unspecified atom stereocenters. The Morgan fingerprint density at radius 1 is 1.47 bits per heavy atom. The summed E-state index contributed by atoms with van der Waals surface area (Å²) >= 11 is 0. The van der Waals surface area contributed by atoms with E-state index < -0.39 is 0 Å². The van der Waals surface area contributed by atoms with Crippen LogP contribution in [0.25, 0.3) is 0 Å². The van der Waals surface area contributed by atoms with E-state index in [9.17, 15) is 4.39 Å². The third kappa shape index (κ3) is 3.79. The summed E-state index contributed by atoms with van der Waals surface area (Å²) < 4.78 is 18.7. The number of hydrogen-bond acceptors (Lipinski definition) is 2. The molecule has 1 aromatic carbocycles. The molecule has 0 aliphatic carbocycles. The van der Waals surface area contributed by atoms with Gasteiger partial charge in [-0.05, 0) is 43.9 Å². The smallest absolute Gasteiger partial charge is 0.123 e. The van der Waals surface area contributed by atoms with E-state index in [1.165, 1.54) is 18.9 Å². The Bertz CT molecular complexity index is 350. The largest absolute Gasteiger partial charge is 0.377 e. The van der Waals surface area contributed by atoms with Crippen LogP contribution in [-0.4, -0.2) is 19.3 Å². The molecule has 1 aromatic rings. The zero-order chi connectivity index (χ0) is 12.1. The molecular weight excluding hydrogens is 217 g/mol. The Kier molecular flexibility index (Phi) is 4.51. The van der Waals surface area contributed by atoms with Crippen LogP contribution in [0.1, 0.15) is 37.8 Å². The van der Waals surface area contributed by atoms with E-state index in [1.807, 2.05) is 6.07 Å². The molecule has 0 amide bonds. The number of ether oxygens (including phenoxy) is 1. The monoisotopic (exact) mass is 237 g/mol. The van der Waals surface area contributed by atoms with Gasteiger partial charge < -0.3 is 10.1 Å². The third-order valence-electron chi connectivity index (χ3n) is 3.27. The molecule has 1 aliphatic heterocycles. The molecule has 1 aliphatic rings. The van der Waals surface area contributed by atoms with E-state index in [1.54, 1.807) is 12.1 Å². The lowest BCUT2D eigenvalue weighted by Gasteiger charge is -2.24. The van der Waals surface area contributed by atoms with E-state index in [2.05, 4.69) is 12.2 Å². The number of hydrogen-bond donors (Lipinski definition) is 1. The molecule has 0 aromatic heterocycles. The molecule has 94 valence electrons. The number of halogens is 1. The van der Waals surface area contributed by atoms with Crippen LogP contribution in [0.2, 0.25) is 0 Å².